The molecule has 2 aromatic heterocycles. The number of hydrogen-bond donors (Lipinski definition) is 0. The van der Waals surface area contributed by atoms with Crippen molar-refractivity contribution < 1.29 is 0 Å². The highest BCUT2D eigenvalue weighted by molar-refractivity contribution is 9.10. The van der Waals surface area contributed by atoms with E-state index in [1.807, 2.05) is 0 Å². The molecule has 146 valence electrons. The number of benzene rings is 2. The van der Waals surface area contributed by atoms with Gasteiger partial charge in [-0.05, 0) is 48.6 Å². The molecular weight excluding hydrogens is 424 g/mol. The van der Waals surface area contributed by atoms with Crippen molar-refractivity contribution in [2.45, 2.75) is 19.8 Å². The van der Waals surface area contributed by atoms with Crippen molar-refractivity contribution in [2.75, 3.05) is 18.0 Å². The van der Waals surface area contributed by atoms with E-state index in [-0.39, 0.29) is 0 Å². The lowest BCUT2D eigenvalue weighted by Crippen LogP contribution is -2.35. The molecule has 0 saturated carbocycles. The van der Waals surface area contributed by atoms with Gasteiger partial charge in [-0.15, -0.1) is 0 Å². The summed E-state index contributed by atoms with van der Waals surface area (Å²) in [7, 11) is 0. The molecule has 5 rings (SSSR count). The molecule has 0 spiro atoms. The Labute approximate surface area is 179 Å². The zero-order chi connectivity index (χ0) is 19.8. The fourth-order valence-electron chi connectivity index (χ4n) is 4.30. The van der Waals surface area contributed by atoms with Gasteiger partial charge in [0.05, 0.1) is 5.39 Å². The summed E-state index contributed by atoms with van der Waals surface area (Å²) in [5, 5.41) is 1.13. The number of aromatic nitrogens is 3. The minimum Gasteiger partial charge on any atom is -0.356 e. The van der Waals surface area contributed by atoms with Crippen molar-refractivity contribution in [3.05, 3.63) is 71.6 Å². The molecule has 0 amide bonds. The van der Waals surface area contributed by atoms with Crippen LogP contribution in [0.3, 0.4) is 0 Å². The van der Waals surface area contributed by atoms with Gasteiger partial charge >= 0.3 is 0 Å². The van der Waals surface area contributed by atoms with Crippen LogP contribution in [0.2, 0.25) is 0 Å². The second-order valence-corrected chi connectivity index (χ2v) is 8.76. The monoisotopic (exact) mass is 446 g/mol. The molecule has 1 unspecified atom stereocenters. The summed E-state index contributed by atoms with van der Waals surface area (Å²) in [4.78, 5) is 11.9. The van der Waals surface area contributed by atoms with E-state index in [0.717, 1.165) is 40.1 Å². The number of fused-ring (bicyclic) bond motifs is 1. The Hall–Kier alpha value is -2.66. The van der Waals surface area contributed by atoms with Crippen LogP contribution in [0.4, 0.5) is 5.82 Å². The predicted octanol–water partition coefficient (Wildman–Crippen LogP) is 6.09. The molecule has 3 heterocycles. The number of anilines is 1. The van der Waals surface area contributed by atoms with Crippen molar-refractivity contribution >= 4 is 32.8 Å². The van der Waals surface area contributed by atoms with Crippen molar-refractivity contribution in [1.82, 2.24) is 14.5 Å². The van der Waals surface area contributed by atoms with Crippen LogP contribution < -0.4 is 4.90 Å². The van der Waals surface area contributed by atoms with Crippen LogP contribution in [0.1, 0.15) is 19.8 Å². The van der Waals surface area contributed by atoms with Gasteiger partial charge in [0.25, 0.3) is 0 Å². The first-order valence-corrected chi connectivity index (χ1v) is 10.9. The van der Waals surface area contributed by atoms with E-state index in [1.165, 1.54) is 24.0 Å². The summed E-state index contributed by atoms with van der Waals surface area (Å²) >= 11 is 3.54. The SMILES string of the molecule is CC1CCCN(c2ncnc3c2c(-c2ccccc2)cn3-c2ccc(Br)cc2)C1. The smallest absolute Gasteiger partial charge is 0.150 e. The van der Waals surface area contributed by atoms with E-state index >= 15 is 0 Å². The molecule has 0 bridgehead atoms. The zero-order valence-corrected chi connectivity index (χ0v) is 18.0. The Morgan fingerprint density at radius 1 is 1.00 bits per heavy atom. The Morgan fingerprint density at radius 3 is 2.55 bits per heavy atom. The number of hydrogen-bond acceptors (Lipinski definition) is 3. The molecule has 0 radical (unpaired) electrons. The lowest BCUT2D eigenvalue weighted by atomic mass is 9.99. The van der Waals surface area contributed by atoms with Crippen molar-refractivity contribution in [2.24, 2.45) is 5.92 Å². The molecular formula is C24H23BrN4. The summed E-state index contributed by atoms with van der Waals surface area (Å²) in [5.74, 6) is 1.73. The van der Waals surface area contributed by atoms with Crippen LogP contribution in [0.5, 0.6) is 0 Å². The number of halogens is 1. The molecule has 4 aromatic rings. The van der Waals surface area contributed by atoms with Gasteiger partial charge in [0.2, 0.25) is 0 Å². The topological polar surface area (TPSA) is 34.0 Å². The fourth-order valence-corrected chi connectivity index (χ4v) is 4.57. The Kier molecular flexibility index (Phi) is 4.84. The van der Waals surface area contributed by atoms with Gasteiger partial charge in [-0.1, -0.05) is 53.2 Å². The molecule has 0 N–H and O–H groups in total. The standard InChI is InChI=1S/C24H23BrN4/c1-17-6-5-13-28(14-17)23-22-21(18-7-3-2-4-8-18)15-29(24(22)27-16-26-23)20-11-9-19(25)10-12-20/h2-4,7-12,15-17H,5-6,13-14H2,1H3. The first-order chi connectivity index (χ1) is 14.2. The van der Waals surface area contributed by atoms with E-state index in [2.05, 4.69) is 93.1 Å². The third-order valence-corrected chi connectivity index (χ3v) is 6.24. The highest BCUT2D eigenvalue weighted by Crippen LogP contribution is 2.37. The molecule has 4 nitrogen and oxygen atoms in total. The molecule has 1 aliphatic rings. The summed E-state index contributed by atoms with van der Waals surface area (Å²) in [6.07, 6.45) is 6.41. The molecule has 1 aliphatic heterocycles. The first kappa shape index (κ1) is 18.4. The summed E-state index contributed by atoms with van der Waals surface area (Å²) < 4.78 is 3.25. The first-order valence-electron chi connectivity index (χ1n) is 10.1. The van der Waals surface area contributed by atoms with E-state index in [1.54, 1.807) is 6.33 Å². The molecule has 1 atom stereocenters. The maximum absolute atomic E-state index is 4.77. The number of nitrogens with zero attached hydrogens (tertiary/aromatic N) is 4. The van der Waals surface area contributed by atoms with Crippen molar-refractivity contribution in [3.8, 4) is 16.8 Å². The van der Waals surface area contributed by atoms with Gasteiger partial charge in [0.1, 0.15) is 12.1 Å². The maximum Gasteiger partial charge on any atom is 0.150 e. The summed E-state index contributed by atoms with van der Waals surface area (Å²) in [6, 6.07) is 18.9. The lowest BCUT2D eigenvalue weighted by molar-refractivity contribution is 0.445. The largest absolute Gasteiger partial charge is 0.356 e. The van der Waals surface area contributed by atoms with Gasteiger partial charge < -0.3 is 9.47 Å². The average molecular weight is 447 g/mol. The molecule has 1 fully saturated rings. The van der Waals surface area contributed by atoms with E-state index < -0.39 is 0 Å². The minimum atomic E-state index is 0.683. The second-order valence-electron chi connectivity index (χ2n) is 7.84. The normalized spacial score (nSPS) is 17.0. The molecule has 0 aliphatic carbocycles. The Morgan fingerprint density at radius 2 is 1.79 bits per heavy atom. The minimum absolute atomic E-state index is 0.683. The van der Waals surface area contributed by atoms with Crippen molar-refractivity contribution in [1.29, 1.82) is 0 Å². The maximum atomic E-state index is 4.77. The van der Waals surface area contributed by atoms with E-state index in [4.69, 9.17) is 9.97 Å². The molecule has 5 heteroatoms. The quantitative estimate of drug-likeness (QED) is 0.381. The van der Waals surface area contributed by atoms with Crippen LogP contribution in [0.15, 0.2) is 71.6 Å². The molecule has 1 saturated heterocycles. The third-order valence-electron chi connectivity index (χ3n) is 5.71. The summed E-state index contributed by atoms with van der Waals surface area (Å²) in [6.45, 7) is 4.42. The molecule has 29 heavy (non-hydrogen) atoms. The average Bonchev–Trinajstić information content (AvgIpc) is 3.15. The predicted molar refractivity (Wildman–Crippen MR) is 123 cm³/mol. The fraction of sp³-hybridized carbons (Fsp3) is 0.250. The molecule has 2 aromatic carbocycles. The van der Waals surface area contributed by atoms with E-state index in [9.17, 15) is 0 Å². The van der Waals surface area contributed by atoms with Crippen LogP contribution in [-0.2, 0) is 0 Å². The highest BCUT2D eigenvalue weighted by Gasteiger charge is 2.24. The van der Waals surface area contributed by atoms with Gasteiger partial charge in [-0.3, -0.25) is 0 Å². The van der Waals surface area contributed by atoms with Gasteiger partial charge in [0.15, 0.2) is 5.65 Å². The van der Waals surface area contributed by atoms with Crippen LogP contribution in [-0.4, -0.2) is 27.6 Å². The number of rotatable bonds is 3. The van der Waals surface area contributed by atoms with E-state index in [0.29, 0.717) is 5.92 Å². The third kappa shape index (κ3) is 3.44. The van der Waals surface area contributed by atoms with Crippen LogP contribution in [0.25, 0.3) is 27.8 Å². The van der Waals surface area contributed by atoms with Gasteiger partial charge in [-0.25, -0.2) is 9.97 Å². The summed E-state index contributed by atoms with van der Waals surface area (Å²) in [5.41, 5.74) is 4.42. The van der Waals surface area contributed by atoms with Gasteiger partial charge in [0, 0.05) is 35.0 Å². The van der Waals surface area contributed by atoms with Crippen LogP contribution in [0, 0.1) is 5.92 Å². The van der Waals surface area contributed by atoms with Gasteiger partial charge in [-0.2, -0.15) is 0 Å². The van der Waals surface area contributed by atoms with Crippen molar-refractivity contribution in [3.63, 3.8) is 0 Å². The lowest BCUT2D eigenvalue weighted by Gasteiger charge is -2.32. The second kappa shape index (κ2) is 7.64. The highest BCUT2D eigenvalue weighted by atomic mass is 79.9. The Balaban J connectivity index is 1.76. The van der Waals surface area contributed by atoms with Crippen LogP contribution >= 0.6 is 15.9 Å². The number of piperidine rings is 1. The zero-order valence-electron chi connectivity index (χ0n) is 16.4. The Bertz CT molecular complexity index is 1130.